The highest BCUT2D eigenvalue weighted by atomic mass is 16.4. The van der Waals surface area contributed by atoms with E-state index in [1.807, 2.05) is 6.92 Å². The third-order valence-electron chi connectivity index (χ3n) is 3.89. The van der Waals surface area contributed by atoms with E-state index in [9.17, 15) is 0 Å². The van der Waals surface area contributed by atoms with E-state index in [-0.39, 0.29) is 0 Å². The van der Waals surface area contributed by atoms with Gasteiger partial charge in [0.1, 0.15) is 0 Å². The molecule has 3 aromatic heterocycles. The zero-order chi connectivity index (χ0) is 15.1. The Hall–Kier alpha value is -2.41. The van der Waals surface area contributed by atoms with Crippen molar-refractivity contribution in [1.29, 1.82) is 0 Å². The minimum Gasteiger partial charge on any atom is -0.459 e. The quantitative estimate of drug-likeness (QED) is 0.735. The van der Waals surface area contributed by atoms with Gasteiger partial charge in [0, 0.05) is 18.8 Å². The second kappa shape index (κ2) is 5.10. The molecule has 0 bridgehead atoms. The fourth-order valence-corrected chi connectivity index (χ4v) is 2.85. The van der Waals surface area contributed by atoms with E-state index < -0.39 is 0 Å². The molecule has 7 nitrogen and oxygen atoms in total. The number of furan rings is 1. The van der Waals surface area contributed by atoms with Gasteiger partial charge in [-0.2, -0.15) is 5.10 Å². The second-order valence-corrected chi connectivity index (χ2v) is 5.70. The zero-order valence-corrected chi connectivity index (χ0v) is 12.6. The van der Waals surface area contributed by atoms with Gasteiger partial charge in [-0.1, -0.05) is 0 Å². The lowest BCUT2D eigenvalue weighted by Crippen LogP contribution is -2.47. The maximum atomic E-state index is 5.62. The highest BCUT2D eigenvalue weighted by Crippen LogP contribution is 2.25. The van der Waals surface area contributed by atoms with Crippen LogP contribution in [0.3, 0.4) is 0 Å². The van der Waals surface area contributed by atoms with Crippen molar-refractivity contribution in [2.45, 2.75) is 26.4 Å². The number of aromatic nitrogens is 4. The predicted molar refractivity (Wildman–Crippen MR) is 78.0 cm³/mol. The minimum absolute atomic E-state index is 0.426. The van der Waals surface area contributed by atoms with Crippen LogP contribution in [0.15, 0.2) is 33.3 Å². The molecule has 1 aliphatic rings. The topological polar surface area (TPSA) is 73.1 Å². The van der Waals surface area contributed by atoms with E-state index in [1.165, 1.54) is 5.69 Å². The number of rotatable bonds is 4. The van der Waals surface area contributed by atoms with Gasteiger partial charge < -0.3 is 8.83 Å². The molecule has 0 radical (unpaired) electrons. The molecular weight excluding hydrogens is 282 g/mol. The molecule has 7 heteroatoms. The first-order valence-electron chi connectivity index (χ1n) is 7.30. The molecule has 0 amide bonds. The first kappa shape index (κ1) is 13.3. The number of nitrogens with zero attached hydrogens (tertiary/aromatic N) is 5. The molecule has 1 fully saturated rings. The first-order chi connectivity index (χ1) is 10.7. The van der Waals surface area contributed by atoms with Gasteiger partial charge in [-0.25, -0.2) is 0 Å². The molecule has 0 N–H and O–H groups in total. The van der Waals surface area contributed by atoms with Crippen LogP contribution >= 0.6 is 0 Å². The summed E-state index contributed by atoms with van der Waals surface area (Å²) in [5.74, 6) is 1.64. The summed E-state index contributed by atoms with van der Waals surface area (Å²) in [7, 11) is 0. The van der Waals surface area contributed by atoms with Gasteiger partial charge in [0.2, 0.25) is 5.89 Å². The van der Waals surface area contributed by atoms with E-state index in [1.54, 1.807) is 18.4 Å². The van der Waals surface area contributed by atoms with Crippen LogP contribution in [0.5, 0.6) is 0 Å². The van der Waals surface area contributed by atoms with Gasteiger partial charge in [0.15, 0.2) is 5.76 Å². The van der Waals surface area contributed by atoms with Gasteiger partial charge in [0.05, 0.1) is 24.5 Å². The van der Waals surface area contributed by atoms with Crippen molar-refractivity contribution in [3.63, 3.8) is 0 Å². The van der Waals surface area contributed by atoms with Crippen LogP contribution in [0.4, 0.5) is 0 Å². The van der Waals surface area contributed by atoms with Crippen LogP contribution in [0.2, 0.25) is 0 Å². The highest BCUT2D eigenvalue weighted by molar-refractivity contribution is 5.42. The summed E-state index contributed by atoms with van der Waals surface area (Å²) in [6.45, 7) is 6.66. The molecule has 0 atom stereocenters. The van der Waals surface area contributed by atoms with Crippen LogP contribution in [-0.2, 0) is 6.54 Å². The Morgan fingerprint density at radius 2 is 2.14 bits per heavy atom. The van der Waals surface area contributed by atoms with Gasteiger partial charge >= 0.3 is 0 Å². The van der Waals surface area contributed by atoms with Crippen molar-refractivity contribution in [3.8, 4) is 11.7 Å². The van der Waals surface area contributed by atoms with Crippen molar-refractivity contribution >= 4 is 0 Å². The maximum Gasteiger partial charge on any atom is 0.283 e. The largest absolute Gasteiger partial charge is 0.459 e. The Kier molecular flexibility index (Phi) is 3.07. The summed E-state index contributed by atoms with van der Waals surface area (Å²) >= 11 is 0. The standard InChI is InChI=1S/C15H17N5O2/c1-10-6-11(2)20(18-10)12-7-19(8-12)9-14-16-17-15(22-14)13-4-3-5-21-13/h3-6,12H,7-9H2,1-2H3. The van der Waals surface area contributed by atoms with Crippen molar-refractivity contribution in [3.05, 3.63) is 41.7 Å². The Labute approximate surface area is 127 Å². The molecule has 0 aliphatic carbocycles. The molecular formula is C15H17N5O2. The second-order valence-electron chi connectivity index (χ2n) is 5.70. The Morgan fingerprint density at radius 3 is 2.82 bits per heavy atom. The predicted octanol–water partition coefficient (Wildman–Crippen LogP) is 2.20. The van der Waals surface area contributed by atoms with Gasteiger partial charge in [-0.15, -0.1) is 10.2 Å². The van der Waals surface area contributed by atoms with Crippen molar-refractivity contribution in [2.75, 3.05) is 13.1 Å². The number of hydrogen-bond donors (Lipinski definition) is 0. The van der Waals surface area contributed by atoms with Crippen molar-refractivity contribution in [2.24, 2.45) is 0 Å². The van der Waals surface area contributed by atoms with Crippen LogP contribution in [0, 0.1) is 13.8 Å². The Morgan fingerprint density at radius 1 is 1.27 bits per heavy atom. The maximum absolute atomic E-state index is 5.62. The van der Waals surface area contributed by atoms with Gasteiger partial charge in [-0.3, -0.25) is 9.58 Å². The van der Waals surface area contributed by atoms with Crippen LogP contribution in [0.25, 0.3) is 11.7 Å². The average Bonchev–Trinajstić information content (AvgIpc) is 3.14. The Balaban J connectivity index is 1.37. The number of likely N-dealkylation sites (tertiary alicyclic amines) is 1. The van der Waals surface area contributed by atoms with E-state index in [4.69, 9.17) is 8.83 Å². The molecule has 22 heavy (non-hydrogen) atoms. The fraction of sp³-hybridized carbons (Fsp3) is 0.400. The zero-order valence-electron chi connectivity index (χ0n) is 12.6. The molecule has 3 aromatic rings. The first-order valence-corrected chi connectivity index (χ1v) is 7.30. The number of aryl methyl sites for hydroxylation is 2. The third-order valence-corrected chi connectivity index (χ3v) is 3.89. The van der Waals surface area contributed by atoms with Crippen LogP contribution in [-0.4, -0.2) is 38.0 Å². The number of hydrogen-bond acceptors (Lipinski definition) is 6. The summed E-state index contributed by atoms with van der Waals surface area (Å²) in [5.41, 5.74) is 2.27. The van der Waals surface area contributed by atoms with Crippen molar-refractivity contribution in [1.82, 2.24) is 24.9 Å². The summed E-state index contributed by atoms with van der Waals surface area (Å²) < 4.78 is 13.0. The summed E-state index contributed by atoms with van der Waals surface area (Å²) in [6, 6.07) is 6.14. The summed E-state index contributed by atoms with van der Waals surface area (Å²) in [6.07, 6.45) is 1.59. The monoisotopic (exact) mass is 299 g/mol. The van der Waals surface area contributed by atoms with E-state index in [0.717, 1.165) is 18.8 Å². The van der Waals surface area contributed by atoms with Crippen molar-refractivity contribution < 1.29 is 8.83 Å². The molecule has 0 saturated carbocycles. The third kappa shape index (κ3) is 2.33. The lowest BCUT2D eigenvalue weighted by Gasteiger charge is -2.38. The van der Waals surface area contributed by atoms with Crippen LogP contribution in [0.1, 0.15) is 23.3 Å². The smallest absolute Gasteiger partial charge is 0.283 e. The van der Waals surface area contributed by atoms with E-state index in [2.05, 4.69) is 37.9 Å². The normalized spacial score (nSPS) is 16.1. The SMILES string of the molecule is Cc1cc(C)n(C2CN(Cc3nnc(-c4ccco4)o3)C2)n1. The van der Waals surface area contributed by atoms with E-state index in [0.29, 0.717) is 30.1 Å². The molecule has 114 valence electrons. The van der Waals surface area contributed by atoms with E-state index >= 15 is 0 Å². The van der Waals surface area contributed by atoms with Crippen LogP contribution < -0.4 is 0 Å². The average molecular weight is 299 g/mol. The molecule has 4 rings (SSSR count). The molecule has 4 heterocycles. The summed E-state index contributed by atoms with van der Waals surface area (Å²) in [5, 5.41) is 12.6. The lowest BCUT2D eigenvalue weighted by molar-refractivity contribution is 0.0802. The van der Waals surface area contributed by atoms with Gasteiger partial charge in [0.25, 0.3) is 5.89 Å². The lowest BCUT2D eigenvalue weighted by atomic mass is 10.1. The highest BCUT2D eigenvalue weighted by Gasteiger charge is 2.31. The molecule has 1 saturated heterocycles. The Bertz CT molecular complexity index is 768. The minimum atomic E-state index is 0.426. The fourth-order valence-electron chi connectivity index (χ4n) is 2.85. The molecule has 1 aliphatic heterocycles. The molecule has 0 unspecified atom stereocenters. The molecule has 0 aromatic carbocycles. The summed E-state index contributed by atoms with van der Waals surface area (Å²) in [4.78, 5) is 2.26. The molecule has 0 spiro atoms. The van der Waals surface area contributed by atoms with Gasteiger partial charge in [-0.05, 0) is 32.0 Å².